The molecule has 1 aliphatic rings. The second-order valence-corrected chi connectivity index (χ2v) is 4.27. The van der Waals surface area contributed by atoms with E-state index in [-0.39, 0.29) is 11.9 Å². The fourth-order valence-electron chi connectivity index (χ4n) is 1.46. The minimum absolute atomic E-state index is 0.0780. The van der Waals surface area contributed by atoms with Gasteiger partial charge in [-0.2, -0.15) is 11.8 Å². The number of rotatable bonds is 5. The van der Waals surface area contributed by atoms with Gasteiger partial charge in [-0.25, -0.2) is 0 Å². The normalized spacial score (nSPS) is 21.8. The number of hydrogen-bond acceptors (Lipinski definition) is 3. The third-order valence-corrected chi connectivity index (χ3v) is 2.90. The number of nitrogens with one attached hydrogen (secondary N) is 2. The zero-order chi connectivity index (χ0) is 9.52. The summed E-state index contributed by atoms with van der Waals surface area (Å²) in [5.41, 5.74) is 0. The largest absolute Gasteiger partial charge is 0.355 e. The van der Waals surface area contributed by atoms with Gasteiger partial charge >= 0.3 is 0 Å². The SMILES string of the molecule is CSCCCNC(=O)C1CCCN1. The second-order valence-electron chi connectivity index (χ2n) is 3.29. The maximum absolute atomic E-state index is 11.4. The first-order valence-electron chi connectivity index (χ1n) is 4.84. The van der Waals surface area contributed by atoms with Crippen LogP contribution in [0.4, 0.5) is 0 Å². The van der Waals surface area contributed by atoms with Gasteiger partial charge in [0, 0.05) is 6.54 Å². The van der Waals surface area contributed by atoms with Crippen molar-refractivity contribution in [3.8, 4) is 0 Å². The van der Waals surface area contributed by atoms with E-state index in [0.29, 0.717) is 0 Å². The predicted octanol–water partition coefficient (Wildman–Crippen LogP) is 0.608. The summed E-state index contributed by atoms with van der Waals surface area (Å²) in [5, 5.41) is 6.12. The van der Waals surface area contributed by atoms with Crippen LogP contribution in [0.15, 0.2) is 0 Å². The number of amides is 1. The van der Waals surface area contributed by atoms with E-state index in [4.69, 9.17) is 0 Å². The molecule has 0 aliphatic carbocycles. The van der Waals surface area contributed by atoms with Crippen molar-refractivity contribution in [2.75, 3.05) is 25.1 Å². The molecule has 1 atom stereocenters. The van der Waals surface area contributed by atoms with Crippen molar-refractivity contribution in [2.45, 2.75) is 25.3 Å². The van der Waals surface area contributed by atoms with Crippen LogP contribution in [0.1, 0.15) is 19.3 Å². The van der Waals surface area contributed by atoms with E-state index in [0.717, 1.165) is 38.1 Å². The molecule has 0 aromatic rings. The summed E-state index contributed by atoms with van der Waals surface area (Å²) in [6.45, 7) is 1.81. The van der Waals surface area contributed by atoms with Crippen molar-refractivity contribution >= 4 is 17.7 Å². The van der Waals surface area contributed by atoms with Crippen LogP contribution >= 0.6 is 11.8 Å². The summed E-state index contributed by atoms with van der Waals surface area (Å²) < 4.78 is 0. The Morgan fingerprint density at radius 1 is 1.69 bits per heavy atom. The molecule has 1 fully saturated rings. The van der Waals surface area contributed by atoms with E-state index in [2.05, 4.69) is 16.9 Å². The van der Waals surface area contributed by atoms with Gasteiger partial charge in [-0.3, -0.25) is 4.79 Å². The highest BCUT2D eigenvalue weighted by molar-refractivity contribution is 7.98. The molecule has 13 heavy (non-hydrogen) atoms. The smallest absolute Gasteiger partial charge is 0.237 e. The van der Waals surface area contributed by atoms with Crippen molar-refractivity contribution < 1.29 is 4.79 Å². The third kappa shape index (κ3) is 4.00. The van der Waals surface area contributed by atoms with Crippen LogP contribution in [0.3, 0.4) is 0 Å². The molecule has 1 unspecified atom stereocenters. The van der Waals surface area contributed by atoms with Crippen LogP contribution in [0.2, 0.25) is 0 Å². The lowest BCUT2D eigenvalue weighted by atomic mass is 10.2. The molecule has 0 spiro atoms. The second kappa shape index (κ2) is 6.27. The summed E-state index contributed by atoms with van der Waals surface area (Å²) in [6.07, 6.45) is 5.28. The lowest BCUT2D eigenvalue weighted by Crippen LogP contribution is -2.40. The van der Waals surface area contributed by atoms with Gasteiger partial charge < -0.3 is 10.6 Å². The lowest BCUT2D eigenvalue weighted by Gasteiger charge is -2.10. The first kappa shape index (κ1) is 10.9. The molecule has 0 saturated carbocycles. The van der Waals surface area contributed by atoms with Gasteiger partial charge in [0.15, 0.2) is 0 Å². The topological polar surface area (TPSA) is 41.1 Å². The van der Waals surface area contributed by atoms with Crippen LogP contribution in [0.25, 0.3) is 0 Å². The Kier molecular flexibility index (Phi) is 5.23. The Balaban J connectivity index is 2.03. The minimum Gasteiger partial charge on any atom is -0.355 e. The molecule has 0 aromatic heterocycles. The van der Waals surface area contributed by atoms with Crippen molar-refractivity contribution in [3.63, 3.8) is 0 Å². The third-order valence-electron chi connectivity index (χ3n) is 2.20. The number of hydrogen-bond donors (Lipinski definition) is 2. The van der Waals surface area contributed by atoms with E-state index < -0.39 is 0 Å². The lowest BCUT2D eigenvalue weighted by molar-refractivity contribution is -0.122. The molecule has 1 heterocycles. The van der Waals surface area contributed by atoms with Crippen molar-refractivity contribution in [1.82, 2.24) is 10.6 Å². The highest BCUT2D eigenvalue weighted by atomic mass is 32.2. The average Bonchev–Trinajstić information content (AvgIpc) is 2.65. The quantitative estimate of drug-likeness (QED) is 0.642. The Labute approximate surface area is 84.0 Å². The highest BCUT2D eigenvalue weighted by Gasteiger charge is 2.20. The molecule has 4 heteroatoms. The van der Waals surface area contributed by atoms with Crippen LogP contribution in [0, 0.1) is 0 Å². The van der Waals surface area contributed by atoms with Crippen LogP contribution in [-0.4, -0.2) is 37.0 Å². The van der Waals surface area contributed by atoms with E-state index in [1.165, 1.54) is 0 Å². The summed E-state index contributed by atoms with van der Waals surface area (Å²) in [4.78, 5) is 11.4. The van der Waals surface area contributed by atoms with E-state index in [1.54, 1.807) is 0 Å². The molecular formula is C9H18N2OS. The number of thioether (sulfide) groups is 1. The minimum atomic E-state index is 0.0780. The molecule has 2 N–H and O–H groups in total. The Morgan fingerprint density at radius 2 is 2.54 bits per heavy atom. The molecule has 0 radical (unpaired) electrons. The molecular weight excluding hydrogens is 184 g/mol. The van der Waals surface area contributed by atoms with Gasteiger partial charge in [-0.15, -0.1) is 0 Å². The number of carbonyl (C=O) groups is 1. The highest BCUT2D eigenvalue weighted by Crippen LogP contribution is 2.04. The first-order valence-corrected chi connectivity index (χ1v) is 6.24. The fourth-order valence-corrected chi connectivity index (χ4v) is 1.89. The summed E-state index contributed by atoms with van der Waals surface area (Å²) in [5.74, 6) is 1.30. The zero-order valence-electron chi connectivity index (χ0n) is 8.14. The summed E-state index contributed by atoms with van der Waals surface area (Å²) in [7, 11) is 0. The average molecular weight is 202 g/mol. The Hall–Kier alpha value is -0.220. The zero-order valence-corrected chi connectivity index (χ0v) is 8.95. The first-order chi connectivity index (χ1) is 6.34. The number of carbonyl (C=O) groups excluding carboxylic acids is 1. The van der Waals surface area contributed by atoms with Gasteiger partial charge in [0.1, 0.15) is 0 Å². The monoisotopic (exact) mass is 202 g/mol. The maximum Gasteiger partial charge on any atom is 0.237 e. The molecule has 1 rings (SSSR count). The molecule has 1 aliphatic heterocycles. The summed E-state index contributed by atoms with van der Waals surface area (Å²) in [6, 6.07) is 0.0780. The van der Waals surface area contributed by atoms with Crippen LogP contribution < -0.4 is 10.6 Å². The Bertz CT molecular complexity index is 158. The van der Waals surface area contributed by atoms with E-state index >= 15 is 0 Å². The molecule has 0 aromatic carbocycles. The van der Waals surface area contributed by atoms with Gasteiger partial charge in [0.05, 0.1) is 6.04 Å². The molecule has 76 valence electrons. The molecule has 0 bridgehead atoms. The van der Waals surface area contributed by atoms with E-state index in [9.17, 15) is 4.79 Å². The molecule has 1 amide bonds. The Morgan fingerprint density at radius 3 is 3.15 bits per heavy atom. The van der Waals surface area contributed by atoms with Gasteiger partial charge in [0.2, 0.25) is 5.91 Å². The standard InChI is InChI=1S/C9H18N2OS/c1-13-7-3-6-11-9(12)8-4-2-5-10-8/h8,10H,2-7H2,1H3,(H,11,12). The maximum atomic E-state index is 11.4. The van der Waals surface area contributed by atoms with Crippen molar-refractivity contribution in [1.29, 1.82) is 0 Å². The predicted molar refractivity (Wildman–Crippen MR) is 57.0 cm³/mol. The van der Waals surface area contributed by atoms with Gasteiger partial charge in [-0.05, 0) is 37.8 Å². The van der Waals surface area contributed by atoms with Crippen molar-refractivity contribution in [3.05, 3.63) is 0 Å². The van der Waals surface area contributed by atoms with Gasteiger partial charge in [0.25, 0.3) is 0 Å². The summed E-state index contributed by atoms with van der Waals surface area (Å²) >= 11 is 1.82. The van der Waals surface area contributed by atoms with Crippen LogP contribution in [-0.2, 0) is 4.79 Å². The van der Waals surface area contributed by atoms with Crippen LogP contribution in [0.5, 0.6) is 0 Å². The molecule has 3 nitrogen and oxygen atoms in total. The van der Waals surface area contributed by atoms with Gasteiger partial charge in [-0.1, -0.05) is 0 Å². The fraction of sp³-hybridized carbons (Fsp3) is 0.889. The van der Waals surface area contributed by atoms with E-state index in [1.807, 2.05) is 11.8 Å². The van der Waals surface area contributed by atoms with Crippen molar-refractivity contribution in [2.24, 2.45) is 0 Å². The molecule has 1 saturated heterocycles.